The van der Waals surface area contributed by atoms with E-state index in [9.17, 15) is 13.2 Å². The molecule has 0 spiro atoms. The lowest BCUT2D eigenvalue weighted by Gasteiger charge is -2.32. The van der Waals surface area contributed by atoms with Crippen LogP contribution in [0.4, 0.5) is 13.2 Å². The average molecular weight is 446 g/mol. The number of hydrogen-bond donors (Lipinski definition) is 1. The highest BCUT2D eigenvalue weighted by atomic mass is 19.3. The summed E-state index contributed by atoms with van der Waals surface area (Å²) in [6.45, 7) is 5.92. The molecule has 6 heteroatoms. The number of halogens is 3. The maximum Gasteiger partial charge on any atom is 0.273 e. The van der Waals surface area contributed by atoms with Crippen LogP contribution in [0.15, 0.2) is 42.5 Å². The minimum atomic E-state index is -2.94. The van der Waals surface area contributed by atoms with E-state index in [4.69, 9.17) is 0 Å². The van der Waals surface area contributed by atoms with Gasteiger partial charge in [-0.1, -0.05) is 38.5 Å². The van der Waals surface area contributed by atoms with Gasteiger partial charge in [-0.25, -0.2) is 18.2 Å². The largest absolute Gasteiger partial charge is 0.342 e. The molecule has 0 saturated carbocycles. The number of alkyl halides is 2. The first-order chi connectivity index (χ1) is 15.3. The first-order valence-electron chi connectivity index (χ1n) is 11.6. The van der Waals surface area contributed by atoms with Gasteiger partial charge in [-0.15, -0.1) is 0 Å². The number of imidazole rings is 1. The molecule has 1 aliphatic rings. The van der Waals surface area contributed by atoms with Crippen molar-refractivity contribution in [2.45, 2.75) is 58.3 Å². The Morgan fingerprint density at radius 1 is 1.12 bits per heavy atom. The molecule has 174 valence electrons. The number of aryl methyl sites for hydroxylation is 1. The Labute approximate surface area is 189 Å². The van der Waals surface area contributed by atoms with Gasteiger partial charge in [0.1, 0.15) is 11.6 Å². The molecule has 0 fully saturated rings. The fraction of sp³-hybridized carbons (Fsp3) is 0.500. The Balaban J connectivity index is 0.000000913. The fourth-order valence-corrected chi connectivity index (χ4v) is 4.28. The number of fused-ring (bicyclic) bond motifs is 2. The van der Waals surface area contributed by atoms with Gasteiger partial charge in [0.15, 0.2) is 0 Å². The van der Waals surface area contributed by atoms with Crippen LogP contribution in [-0.4, -0.2) is 35.0 Å². The Bertz CT molecular complexity index is 966. The number of benzene rings is 2. The molecule has 0 bridgehead atoms. The average Bonchev–Trinajstić information content (AvgIpc) is 3.16. The summed E-state index contributed by atoms with van der Waals surface area (Å²) in [5.74, 6) is -2.64. The normalized spacial score (nSPS) is 17.2. The molecule has 3 nitrogen and oxygen atoms in total. The number of rotatable bonds is 7. The minimum absolute atomic E-state index is 0.0826. The molecule has 1 N–H and O–H groups in total. The van der Waals surface area contributed by atoms with Gasteiger partial charge < -0.3 is 9.88 Å². The highest BCUT2D eigenvalue weighted by molar-refractivity contribution is 5.74. The zero-order chi connectivity index (χ0) is 23.1. The third-order valence-corrected chi connectivity index (χ3v) is 5.83. The van der Waals surface area contributed by atoms with Crippen molar-refractivity contribution in [1.29, 1.82) is 0 Å². The van der Waals surface area contributed by atoms with Crippen molar-refractivity contribution in [3.05, 3.63) is 65.2 Å². The lowest BCUT2D eigenvalue weighted by molar-refractivity contribution is -0.0398. The van der Waals surface area contributed by atoms with Crippen LogP contribution in [0.3, 0.4) is 0 Å². The summed E-state index contributed by atoms with van der Waals surface area (Å²) in [4.78, 5) is 10.1. The van der Waals surface area contributed by atoms with Gasteiger partial charge in [0.25, 0.3) is 5.92 Å². The SMILES string of the molecule is CCC.CN(CCCc1nc2ccccc2[nH]1)CCC1Cc2ccc(F)cc2C(F)(F)C1. The van der Waals surface area contributed by atoms with E-state index in [1.165, 1.54) is 18.6 Å². The molecule has 2 aromatic carbocycles. The van der Waals surface area contributed by atoms with Crippen LogP contribution in [0.5, 0.6) is 0 Å². The van der Waals surface area contributed by atoms with Gasteiger partial charge in [-0.2, -0.15) is 0 Å². The van der Waals surface area contributed by atoms with Gasteiger partial charge in [0.2, 0.25) is 0 Å². The predicted molar refractivity (Wildman–Crippen MR) is 125 cm³/mol. The van der Waals surface area contributed by atoms with Crippen LogP contribution in [0.25, 0.3) is 11.0 Å². The maximum atomic E-state index is 14.4. The van der Waals surface area contributed by atoms with Crippen molar-refractivity contribution in [3.8, 4) is 0 Å². The molecule has 1 heterocycles. The molecule has 0 amide bonds. The molecule has 0 radical (unpaired) electrons. The molecule has 4 rings (SSSR count). The Hall–Kier alpha value is -2.34. The second kappa shape index (κ2) is 11.0. The van der Waals surface area contributed by atoms with Crippen molar-refractivity contribution >= 4 is 11.0 Å². The van der Waals surface area contributed by atoms with Crippen LogP contribution in [-0.2, 0) is 18.8 Å². The van der Waals surface area contributed by atoms with Crippen molar-refractivity contribution in [1.82, 2.24) is 14.9 Å². The zero-order valence-corrected chi connectivity index (χ0v) is 19.3. The summed E-state index contributed by atoms with van der Waals surface area (Å²) in [5, 5.41) is 0. The smallest absolute Gasteiger partial charge is 0.273 e. The van der Waals surface area contributed by atoms with E-state index < -0.39 is 11.7 Å². The van der Waals surface area contributed by atoms with Crippen LogP contribution in [0.2, 0.25) is 0 Å². The van der Waals surface area contributed by atoms with Gasteiger partial charge in [0, 0.05) is 18.4 Å². The molecule has 1 unspecified atom stereocenters. The lowest BCUT2D eigenvalue weighted by Crippen LogP contribution is -2.31. The summed E-state index contributed by atoms with van der Waals surface area (Å²) in [6, 6.07) is 11.8. The molecule has 1 aromatic heterocycles. The predicted octanol–water partition coefficient (Wildman–Crippen LogP) is 6.73. The standard InChI is InChI=1S/C23H26F3N3.C3H8/c1-29(11-4-7-22-27-20-5-2-3-6-21(20)28-22)12-10-16-13-17-8-9-18(24)14-19(17)23(25,26)15-16;1-3-2/h2-3,5-6,8-9,14,16H,4,7,10-13,15H2,1H3,(H,27,28);3H2,1-2H3. The lowest BCUT2D eigenvalue weighted by atomic mass is 9.80. The fourth-order valence-electron chi connectivity index (χ4n) is 4.28. The van der Waals surface area contributed by atoms with Gasteiger partial charge in [-0.05, 0) is 75.1 Å². The molecular weight excluding hydrogens is 411 g/mol. The van der Waals surface area contributed by atoms with E-state index in [0.29, 0.717) is 18.4 Å². The molecule has 32 heavy (non-hydrogen) atoms. The van der Waals surface area contributed by atoms with Crippen LogP contribution in [0, 0.1) is 11.7 Å². The number of nitrogens with one attached hydrogen (secondary N) is 1. The molecular formula is C26H34F3N3. The minimum Gasteiger partial charge on any atom is -0.342 e. The van der Waals surface area contributed by atoms with Gasteiger partial charge in [-0.3, -0.25) is 0 Å². The Morgan fingerprint density at radius 2 is 1.88 bits per heavy atom. The first kappa shape index (κ1) is 24.3. The highest BCUT2D eigenvalue weighted by Gasteiger charge is 2.41. The second-order valence-corrected chi connectivity index (χ2v) is 8.88. The number of nitrogens with zero attached hydrogens (tertiary/aromatic N) is 2. The Morgan fingerprint density at radius 3 is 2.62 bits per heavy atom. The third kappa shape index (κ3) is 6.35. The Kier molecular flexibility index (Phi) is 8.35. The van der Waals surface area contributed by atoms with Crippen LogP contribution in [0.1, 0.15) is 56.5 Å². The van der Waals surface area contributed by atoms with E-state index in [0.717, 1.165) is 48.9 Å². The zero-order valence-electron chi connectivity index (χ0n) is 19.3. The van der Waals surface area contributed by atoms with Crippen molar-refractivity contribution in [2.75, 3.05) is 20.1 Å². The van der Waals surface area contributed by atoms with E-state index in [1.807, 2.05) is 31.3 Å². The molecule has 0 aliphatic heterocycles. The first-order valence-corrected chi connectivity index (χ1v) is 11.6. The number of hydrogen-bond acceptors (Lipinski definition) is 2. The number of aromatic amines is 1. The maximum absolute atomic E-state index is 14.4. The summed E-state index contributed by atoms with van der Waals surface area (Å²) in [7, 11) is 2.03. The number of aromatic nitrogens is 2. The van der Waals surface area contributed by atoms with Crippen molar-refractivity contribution in [3.63, 3.8) is 0 Å². The van der Waals surface area contributed by atoms with Crippen molar-refractivity contribution in [2.24, 2.45) is 5.92 Å². The summed E-state index contributed by atoms with van der Waals surface area (Å²) in [6.07, 6.45) is 4.18. The number of para-hydroxylation sites is 2. The number of H-pyrrole nitrogens is 1. The van der Waals surface area contributed by atoms with E-state index in [1.54, 1.807) is 0 Å². The van der Waals surface area contributed by atoms with Crippen LogP contribution >= 0.6 is 0 Å². The second-order valence-electron chi connectivity index (χ2n) is 8.88. The monoisotopic (exact) mass is 445 g/mol. The van der Waals surface area contributed by atoms with E-state index in [2.05, 4.69) is 28.7 Å². The molecule has 1 atom stereocenters. The third-order valence-electron chi connectivity index (χ3n) is 5.83. The summed E-state index contributed by atoms with van der Waals surface area (Å²) >= 11 is 0. The summed E-state index contributed by atoms with van der Waals surface area (Å²) in [5.41, 5.74) is 2.48. The summed E-state index contributed by atoms with van der Waals surface area (Å²) < 4.78 is 42.2. The van der Waals surface area contributed by atoms with E-state index in [-0.39, 0.29) is 17.9 Å². The molecule has 3 aromatic rings. The highest BCUT2D eigenvalue weighted by Crippen LogP contribution is 2.43. The van der Waals surface area contributed by atoms with Gasteiger partial charge in [0.05, 0.1) is 11.0 Å². The quantitative estimate of drug-likeness (QED) is 0.437. The van der Waals surface area contributed by atoms with E-state index >= 15 is 0 Å². The molecule has 1 aliphatic carbocycles. The molecule has 0 saturated heterocycles. The van der Waals surface area contributed by atoms with Crippen molar-refractivity contribution < 1.29 is 13.2 Å². The van der Waals surface area contributed by atoms with Gasteiger partial charge >= 0.3 is 0 Å². The van der Waals surface area contributed by atoms with Crippen LogP contribution < -0.4 is 0 Å². The topological polar surface area (TPSA) is 31.9 Å².